The van der Waals surface area contributed by atoms with E-state index in [0.29, 0.717) is 44.5 Å². The smallest absolute Gasteiger partial charge is 0.315 e. The molecule has 224 valence electrons. The molecule has 0 unspecified atom stereocenters. The highest BCUT2D eigenvalue weighted by Crippen LogP contribution is 2.39. The third-order valence-electron chi connectivity index (χ3n) is 8.21. The largest absolute Gasteiger partial charge is 0.381 e. The molecule has 2 aromatic carbocycles. The summed E-state index contributed by atoms with van der Waals surface area (Å²) in [5.41, 5.74) is 0.358. The first-order valence-corrected chi connectivity index (χ1v) is 15.4. The van der Waals surface area contributed by atoms with Crippen LogP contribution < -0.4 is 10.6 Å². The van der Waals surface area contributed by atoms with E-state index in [0.717, 1.165) is 5.56 Å². The van der Waals surface area contributed by atoms with Gasteiger partial charge >= 0.3 is 11.8 Å². The lowest BCUT2D eigenvalue weighted by Crippen LogP contribution is -2.48. The van der Waals surface area contributed by atoms with Gasteiger partial charge in [-0.05, 0) is 49.8 Å². The zero-order valence-electron chi connectivity index (χ0n) is 23.5. The van der Waals surface area contributed by atoms with Crippen LogP contribution in [0.3, 0.4) is 0 Å². The van der Waals surface area contributed by atoms with Gasteiger partial charge in [-0.3, -0.25) is 9.59 Å². The van der Waals surface area contributed by atoms with Gasteiger partial charge in [0.15, 0.2) is 5.82 Å². The van der Waals surface area contributed by atoms with E-state index in [1.807, 2.05) is 37.3 Å². The number of carbonyl (C=O) groups is 2. The van der Waals surface area contributed by atoms with E-state index in [-0.39, 0.29) is 42.3 Å². The van der Waals surface area contributed by atoms with Crippen LogP contribution in [0.5, 0.6) is 0 Å². The van der Waals surface area contributed by atoms with Gasteiger partial charge in [0, 0.05) is 38.4 Å². The summed E-state index contributed by atoms with van der Waals surface area (Å²) in [4.78, 5) is 29.2. The average Bonchev–Trinajstić information content (AvgIpc) is 3.48. The van der Waals surface area contributed by atoms with Gasteiger partial charge in [-0.2, -0.15) is 9.29 Å². The molecule has 11 nitrogen and oxygen atoms in total. The Hall–Kier alpha value is -3.68. The first kappa shape index (κ1) is 29.8. The SMILES string of the molecule is CNC(=O)c1nc(CNC(=O)C2(c3ccc(CN4[C@@H](C)CC[C@H](c5ccccc5)S4(=O)=O)c(F)c3)CCOCC2)no1. The third kappa shape index (κ3) is 5.81. The van der Waals surface area contributed by atoms with Crippen LogP contribution >= 0.6 is 0 Å². The molecule has 2 atom stereocenters. The van der Waals surface area contributed by atoms with Gasteiger partial charge in [0.2, 0.25) is 15.9 Å². The fourth-order valence-electron chi connectivity index (χ4n) is 5.71. The highest BCUT2D eigenvalue weighted by Gasteiger charge is 2.43. The predicted molar refractivity (Wildman–Crippen MR) is 150 cm³/mol. The Morgan fingerprint density at radius 3 is 2.55 bits per heavy atom. The number of ether oxygens (including phenoxy) is 1. The molecule has 2 amide bonds. The van der Waals surface area contributed by atoms with Crippen molar-refractivity contribution in [2.75, 3.05) is 20.3 Å². The first-order chi connectivity index (χ1) is 20.2. The summed E-state index contributed by atoms with van der Waals surface area (Å²) in [6.07, 6.45) is 1.81. The van der Waals surface area contributed by atoms with Gasteiger partial charge in [0.05, 0.1) is 12.0 Å². The second-order valence-corrected chi connectivity index (χ2v) is 12.8. The molecule has 0 aliphatic carbocycles. The van der Waals surface area contributed by atoms with Crippen LogP contribution in [-0.2, 0) is 38.1 Å². The maximum Gasteiger partial charge on any atom is 0.315 e. The van der Waals surface area contributed by atoms with Gasteiger partial charge in [0.25, 0.3) is 0 Å². The molecule has 0 bridgehead atoms. The minimum atomic E-state index is -3.74. The number of rotatable bonds is 8. The quantitative estimate of drug-likeness (QED) is 0.402. The standard InChI is InChI=1S/C29H34FN5O6S/c1-19-8-11-24(20-6-4-3-5-7-20)42(38,39)35(19)18-21-9-10-22(16-23(21)30)29(12-14-40-15-13-29)28(37)32-17-25-33-27(41-34-25)26(36)31-2/h3-7,9-10,16,19,24H,8,11-15,17-18H2,1-2H3,(H,31,36)(H,32,37)/t19-,24+/m0/s1. The van der Waals surface area contributed by atoms with Crippen molar-refractivity contribution in [2.24, 2.45) is 0 Å². The molecule has 0 radical (unpaired) electrons. The Bertz CT molecular complexity index is 1540. The van der Waals surface area contributed by atoms with E-state index in [4.69, 9.17) is 9.26 Å². The van der Waals surface area contributed by atoms with Crippen LogP contribution in [0.25, 0.3) is 0 Å². The Balaban J connectivity index is 1.36. The Morgan fingerprint density at radius 1 is 1.12 bits per heavy atom. The fraction of sp³-hybridized carbons (Fsp3) is 0.448. The number of amides is 2. The number of carbonyl (C=O) groups excluding carboxylic acids is 2. The highest BCUT2D eigenvalue weighted by atomic mass is 32.2. The maximum absolute atomic E-state index is 15.7. The molecule has 2 aliphatic heterocycles. The molecule has 2 saturated heterocycles. The molecule has 3 heterocycles. The van der Waals surface area contributed by atoms with Crippen molar-refractivity contribution in [1.29, 1.82) is 0 Å². The van der Waals surface area contributed by atoms with Crippen LogP contribution in [-0.4, -0.2) is 61.0 Å². The number of benzene rings is 2. The minimum Gasteiger partial charge on any atom is -0.381 e. The second kappa shape index (κ2) is 12.3. The molecule has 0 saturated carbocycles. The molecule has 2 aliphatic rings. The van der Waals surface area contributed by atoms with Gasteiger partial charge < -0.3 is 19.9 Å². The molecule has 5 rings (SSSR count). The number of halogens is 1. The summed E-state index contributed by atoms with van der Waals surface area (Å²) in [6.45, 7) is 2.27. The zero-order valence-corrected chi connectivity index (χ0v) is 24.3. The zero-order chi connectivity index (χ0) is 29.9. The van der Waals surface area contributed by atoms with E-state index < -0.39 is 32.4 Å². The van der Waals surface area contributed by atoms with E-state index in [1.54, 1.807) is 12.1 Å². The van der Waals surface area contributed by atoms with Crippen molar-refractivity contribution in [3.05, 3.63) is 82.8 Å². The molecule has 1 aromatic heterocycles. The van der Waals surface area contributed by atoms with Crippen LogP contribution in [0.15, 0.2) is 53.1 Å². The van der Waals surface area contributed by atoms with Crippen LogP contribution in [0.4, 0.5) is 4.39 Å². The number of nitrogens with zero attached hydrogens (tertiary/aromatic N) is 3. The summed E-state index contributed by atoms with van der Waals surface area (Å²) in [5.74, 6) is -1.58. The Morgan fingerprint density at radius 2 is 1.86 bits per heavy atom. The number of sulfonamides is 1. The highest BCUT2D eigenvalue weighted by molar-refractivity contribution is 7.89. The normalized spacial score (nSPS) is 21.9. The van der Waals surface area contributed by atoms with Gasteiger partial charge in [-0.25, -0.2) is 12.8 Å². The molecular formula is C29H34FN5O6S. The van der Waals surface area contributed by atoms with Gasteiger partial charge in [0.1, 0.15) is 11.1 Å². The molecule has 2 N–H and O–H groups in total. The molecule has 3 aromatic rings. The summed E-state index contributed by atoms with van der Waals surface area (Å²) in [7, 11) is -2.30. The summed E-state index contributed by atoms with van der Waals surface area (Å²) in [6, 6.07) is 13.4. The Kier molecular flexibility index (Phi) is 8.71. The molecule has 13 heteroatoms. The van der Waals surface area contributed by atoms with Crippen LogP contribution in [0.1, 0.15) is 71.1 Å². The van der Waals surface area contributed by atoms with Crippen molar-refractivity contribution in [1.82, 2.24) is 25.1 Å². The monoisotopic (exact) mass is 599 g/mol. The Labute approximate surface area is 243 Å². The molecule has 2 fully saturated rings. The molecular weight excluding hydrogens is 565 g/mol. The first-order valence-electron chi connectivity index (χ1n) is 13.9. The fourth-order valence-corrected chi connectivity index (χ4v) is 7.90. The van der Waals surface area contributed by atoms with Gasteiger partial charge in [-0.15, -0.1) is 0 Å². The average molecular weight is 600 g/mol. The van der Waals surface area contributed by atoms with Crippen molar-refractivity contribution >= 4 is 21.8 Å². The van der Waals surface area contributed by atoms with Crippen LogP contribution in [0, 0.1) is 5.82 Å². The van der Waals surface area contributed by atoms with Gasteiger partial charge in [-0.1, -0.05) is 47.6 Å². The number of hydrogen-bond acceptors (Lipinski definition) is 8. The van der Waals surface area contributed by atoms with Crippen molar-refractivity contribution in [3.63, 3.8) is 0 Å². The molecule has 42 heavy (non-hydrogen) atoms. The summed E-state index contributed by atoms with van der Waals surface area (Å²) in [5, 5.41) is 8.21. The van der Waals surface area contributed by atoms with Crippen molar-refractivity contribution < 1.29 is 31.7 Å². The second-order valence-electron chi connectivity index (χ2n) is 10.7. The summed E-state index contributed by atoms with van der Waals surface area (Å²) >= 11 is 0. The van der Waals surface area contributed by atoms with Crippen molar-refractivity contribution in [2.45, 2.75) is 62.4 Å². The lowest BCUT2D eigenvalue weighted by atomic mass is 9.73. The van der Waals surface area contributed by atoms with E-state index in [1.165, 1.54) is 17.4 Å². The minimum absolute atomic E-state index is 0.0875. The van der Waals surface area contributed by atoms with Crippen molar-refractivity contribution in [3.8, 4) is 0 Å². The summed E-state index contributed by atoms with van der Waals surface area (Å²) < 4.78 is 54.8. The number of aromatic nitrogens is 2. The maximum atomic E-state index is 15.7. The topological polar surface area (TPSA) is 144 Å². The van der Waals surface area contributed by atoms with E-state index >= 15 is 4.39 Å². The lowest BCUT2D eigenvalue weighted by molar-refractivity contribution is -0.130. The number of nitrogens with one attached hydrogen (secondary N) is 2. The molecule has 0 spiro atoms. The lowest BCUT2D eigenvalue weighted by Gasteiger charge is -2.38. The van der Waals surface area contributed by atoms with Crippen LogP contribution in [0.2, 0.25) is 0 Å². The predicted octanol–water partition coefficient (Wildman–Crippen LogP) is 2.99. The van der Waals surface area contributed by atoms with E-state index in [2.05, 4.69) is 20.8 Å². The number of hydrogen-bond donors (Lipinski definition) is 2. The third-order valence-corrected chi connectivity index (χ3v) is 10.6. The van der Waals surface area contributed by atoms with E-state index in [9.17, 15) is 18.0 Å².